The number of hydrogen-bond donors (Lipinski definition) is 1. The van der Waals surface area contributed by atoms with Gasteiger partial charge in [-0.05, 0) is 37.5 Å². The predicted molar refractivity (Wildman–Crippen MR) is 78.8 cm³/mol. The lowest BCUT2D eigenvalue weighted by Gasteiger charge is -2.22. The second-order valence-corrected chi connectivity index (χ2v) is 9.19. The number of hydrogen-bond acceptors (Lipinski definition) is 5. The van der Waals surface area contributed by atoms with Crippen molar-refractivity contribution in [1.82, 2.24) is 4.31 Å². The van der Waals surface area contributed by atoms with Crippen LogP contribution in [0.25, 0.3) is 0 Å². The average Bonchev–Trinajstić information content (AvgIpc) is 2.87. The number of nitrogens with zero attached hydrogens (tertiary/aromatic N) is 1. The minimum absolute atomic E-state index is 0.109. The maximum Gasteiger partial charge on any atom is 0.322 e. The van der Waals surface area contributed by atoms with Gasteiger partial charge < -0.3 is 5.11 Å². The molecule has 9 heteroatoms. The molecule has 1 N–H and O–H groups in total. The number of carboxylic acid groups (broad SMARTS) is 1. The van der Waals surface area contributed by atoms with E-state index in [1.54, 1.807) is 6.92 Å². The molecule has 0 bridgehead atoms. The van der Waals surface area contributed by atoms with Gasteiger partial charge in [0.15, 0.2) is 9.84 Å². The minimum atomic E-state index is -4.06. The fourth-order valence-corrected chi connectivity index (χ4v) is 5.12. The lowest BCUT2D eigenvalue weighted by atomic mass is 10.2. The first-order valence-corrected chi connectivity index (χ1v) is 9.93. The minimum Gasteiger partial charge on any atom is -0.480 e. The Bertz CT molecular complexity index is 813. The van der Waals surface area contributed by atoms with Gasteiger partial charge in [-0.25, -0.2) is 16.8 Å². The molecule has 0 aromatic heterocycles. The Hall–Kier alpha value is -1.45. The van der Waals surface area contributed by atoms with Gasteiger partial charge in [0.25, 0.3) is 0 Å². The zero-order chi connectivity index (χ0) is 16.7. The molecule has 7 nitrogen and oxygen atoms in total. The topological polar surface area (TPSA) is 109 Å². The van der Waals surface area contributed by atoms with E-state index >= 15 is 0 Å². The van der Waals surface area contributed by atoms with Gasteiger partial charge in [0.2, 0.25) is 10.0 Å². The summed E-state index contributed by atoms with van der Waals surface area (Å²) in [6.45, 7) is 1.66. The number of carbonyl (C=O) groups is 1. The van der Waals surface area contributed by atoms with Crippen LogP contribution in [0.15, 0.2) is 28.0 Å². The average molecular weight is 347 g/mol. The summed E-state index contributed by atoms with van der Waals surface area (Å²) in [6, 6.07) is 2.74. The van der Waals surface area contributed by atoms with Crippen LogP contribution in [0.5, 0.6) is 0 Å². The summed E-state index contributed by atoms with van der Waals surface area (Å²) in [7, 11) is -7.61. The van der Waals surface area contributed by atoms with Crippen molar-refractivity contribution in [2.45, 2.75) is 35.6 Å². The second-order valence-electron chi connectivity index (χ2n) is 5.31. The van der Waals surface area contributed by atoms with Crippen molar-refractivity contribution >= 4 is 25.8 Å². The van der Waals surface area contributed by atoms with E-state index in [-0.39, 0.29) is 22.8 Å². The zero-order valence-electron chi connectivity index (χ0n) is 12.2. The molecule has 1 aliphatic rings. The Morgan fingerprint density at radius 1 is 1.27 bits per heavy atom. The molecule has 2 rings (SSSR count). The van der Waals surface area contributed by atoms with Gasteiger partial charge >= 0.3 is 5.97 Å². The maximum absolute atomic E-state index is 12.7. The molecule has 1 aliphatic heterocycles. The number of aryl methyl sites for hydroxylation is 1. The highest BCUT2D eigenvalue weighted by molar-refractivity contribution is 7.91. The lowest BCUT2D eigenvalue weighted by molar-refractivity contribution is -0.140. The molecule has 1 atom stereocenters. The van der Waals surface area contributed by atoms with Crippen LogP contribution in [-0.4, -0.2) is 51.1 Å². The largest absolute Gasteiger partial charge is 0.480 e. The van der Waals surface area contributed by atoms with Crippen LogP contribution < -0.4 is 0 Å². The van der Waals surface area contributed by atoms with Gasteiger partial charge in [-0.15, -0.1) is 0 Å². The fourth-order valence-electron chi connectivity index (χ4n) is 2.49. The van der Waals surface area contributed by atoms with Gasteiger partial charge in [0.1, 0.15) is 6.04 Å². The predicted octanol–water partition coefficient (Wildman–Crippen LogP) is 0.636. The molecule has 1 aromatic carbocycles. The summed E-state index contributed by atoms with van der Waals surface area (Å²) in [4.78, 5) is 10.9. The molecular weight excluding hydrogens is 330 g/mol. The van der Waals surface area contributed by atoms with Crippen molar-refractivity contribution < 1.29 is 26.7 Å². The van der Waals surface area contributed by atoms with Crippen LogP contribution in [0.4, 0.5) is 0 Å². The van der Waals surface area contributed by atoms with Crippen molar-refractivity contribution in [2.75, 3.05) is 12.8 Å². The van der Waals surface area contributed by atoms with Crippen LogP contribution in [-0.2, 0) is 24.7 Å². The van der Waals surface area contributed by atoms with Crippen LogP contribution in [0, 0.1) is 6.92 Å². The highest BCUT2D eigenvalue weighted by Crippen LogP contribution is 2.29. The monoisotopic (exact) mass is 347 g/mol. The lowest BCUT2D eigenvalue weighted by Crippen LogP contribution is -2.40. The molecule has 0 saturated carbocycles. The van der Waals surface area contributed by atoms with E-state index in [2.05, 4.69) is 0 Å². The van der Waals surface area contributed by atoms with Crippen LogP contribution in [0.1, 0.15) is 18.4 Å². The first-order chi connectivity index (χ1) is 10.0. The second kappa shape index (κ2) is 5.64. The number of sulfonamides is 1. The van der Waals surface area contributed by atoms with E-state index in [0.29, 0.717) is 12.0 Å². The van der Waals surface area contributed by atoms with Gasteiger partial charge in [0.05, 0.1) is 9.79 Å². The molecule has 1 unspecified atom stereocenters. The van der Waals surface area contributed by atoms with Crippen molar-refractivity contribution in [3.63, 3.8) is 0 Å². The van der Waals surface area contributed by atoms with Crippen molar-refractivity contribution in [2.24, 2.45) is 0 Å². The van der Waals surface area contributed by atoms with E-state index in [1.165, 1.54) is 12.1 Å². The number of rotatable bonds is 4. The number of sulfone groups is 1. The Morgan fingerprint density at radius 3 is 2.45 bits per heavy atom. The normalized spacial score (nSPS) is 20.2. The molecule has 1 saturated heterocycles. The highest BCUT2D eigenvalue weighted by Gasteiger charge is 2.40. The molecule has 0 amide bonds. The molecular formula is C13H17NO6S2. The van der Waals surface area contributed by atoms with Gasteiger partial charge in [-0.1, -0.05) is 6.07 Å². The number of aliphatic carboxylic acids is 1. The standard InChI is InChI=1S/C13H17NO6S2/c1-9-5-6-10(21(2,17)18)8-12(9)22(19,20)14-7-3-4-11(14)13(15)16/h5-6,8,11H,3-4,7H2,1-2H3,(H,15,16). The number of carboxylic acids is 1. The first-order valence-electron chi connectivity index (χ1n) is 6.60. The Morgan fingerprint density at radius 2 is 1.91 bits per heavy atom. The van der Waals surface area contributed by atoms with Crippen molar-refractivity contribution in [3.8, 4) is 0 Å². The third kappa shape index (κ3) is 3.01. The molecule has 1 aromatic rings. The van der Waals surface area contributed by atoms with E-state index in [1.807, 2.05) is 0 Å². The third-order valence-electron chi connectivity index (χ3n) is 3.66. The van der Waals surface area contributed by atoms with E-state index in [0.717, 1.165) is 16.6 Å². The zero-order valence-corrected chi connectivity index (χ0v) is 13.8. The van der Waals surface area contributed by atoms with E-state index in [9.17, 15) is 21.6 Å². The quantitative estimate of drug-likeness (QED) is 0.856. The molecule has 1 heterocycles. The molecule has 1 fully saturated rings. The molecule has 0 spiro atoms. The van der Waals surface area contributed by atoms with Crippen molar-refractivity contribution in [1.29, 1.82) is 0 Å². The summed E-state index contributed by atoms with van der Waals surface area (Å²) in [6.07, 6.45) is 1.70. The Labute approximate surface area is 129 Å². The summed E-state index contributed by atoms with van der Waals surface area (Å²) in [5, 5.41) is 9.15. The SMILES string of the molecule is Cc1ccc(S(C)(=O)=O)cc1S(=O)(=O)N1CCCC1C(=O)O. The van der Waals surface area contributed by atoms with Crippen LogP contribution in [0.2, 0.25) is 0 Å². The van der Waals surface area contributed by atoms with E-state index < -0.39 is 31.9 Å². The molecule has 0 aliphatic carbocycles. The van der Waals surface area contributed by atoms with Gasteiger partial charge in [-0.3, -0.25) is 4.79 Å². The molecule has 122 valence electrons. The van der Waals surface area contributed by atoms with Crippen LogP contribution >= 0.6 is 0 Å². The molecule has 22 heavy (non-hydrogen) atoms. The fraction of sp³-hybridized carbons (Fsp3) is 0.462. The van der Waals surface area contributed by atoms with Crippen LogP contribution in [0.3, 0.4) is 0 Å². The summed E-state index contributed by atoms with van der Waals surface area (Å²) >= 11 is 0. The summed E-state index contributed by atoms with van der Waals surface area (Å²) < 4.78 is 49.6. The Kier molecular flexibility index (Phi) is 4.33. The third-order valence-corrected chi connectivity index (χ3v) is 6.82. The number of benzene rings is 1. The van der Waals surface area contributed by atoms with E-state index in [4.69, 9.17) is 5.11 Å². The Balaban J connectivity index is 2.57. The highest BCUT2D eigenvalue weighted by atomic mass is 32.2. The summed E-state index contributed by atoms with van der Waals surface area (Å²) in [5.74, 6) is -1.20. The molecule has 0 radical (unpaired) electrons. The van der Waals surface area contributed by atoms with Crippen molar-refractivity contribution in [3.05, 3.63) is 23.8 Å². The summed E-state index contributed by atoms with van der Waals surface area (Å²) in [5.41, 5.74) is 0.378. The first kappa shape index (κ1) is 16.9. The van der Waals surface area contributed by atoms with Gasteiger partial charge in [0, 0.05) is 12.8 Å². The smallest absolute Gasteiger partial charge is 0.322 e. The van der Waals surface area contributed by atoms with Gasteiger partial charge in [-0.2, -0.15) is 4.31 Å². The maximum atomic E-state index is 12.7.